The molecule has 0 bridgehead atoms. The van der Waals surface area contributed by atoms with Crippen LogP contribution in [-0.2, 0) is 0 Å². The van der Waals surface area contributed by atoms with Crippen molar-refractivity contribution in [1.82, 2.24) is 14.5 Å². The molecule has 0 aliphatic rings. The molecule has 2 N–H and O–H groups in total. The van der Waals surface area contributed by atoms with E-state index in [0.717, 1.165) is 16.9 Å². The first-order valence-corrected chi connectivity index (χ1v) is 6.47. The Bertz CT molecular complexity index is 759. The van der Waals surface area contributed by atoms with E-state index in [0.29, 0.717) is 5.82 Å². The lowest BCUT2D eigenvalue weighted by atomic mass is 10.1. The third kappa shape index (κ3) is 2.16. The number of nitrogens with two attached hydrogens (primary N) is 1. The van der Waals surface area contributed by atoms with Crippen LogP contribution in [0, 0.1) is 13.8 Å². The fourth-order valence-corrected chi connectivity index (χ4v) is 2.38. The van der Waals surface area contributed by atoms with Gasteiger partial charge in [-0.15, -0.1) is 0 Å². The zero-order chi connectivity index (χ0) is 14.1. The largest absolute Gasteiger partial charge is 0.384 e. The average molecular weight is 264 g/mol. The standard InChI is InChI=1S/C16H16N4/c1-11-3-4-14(12(2)7-11)20-10-18-9-15(20)13-5-6-19-16(17)8-13/h3-10H,1-2H3,(H2,17,19). The van der Waals surface area contributed by atoms with E-state index >= 15 is 0 Å². The first kappa shape index (κ1) is 12.4. The maximum absolute atomic E-state index is 5.76. The molecule has 0 spiro atoms. The summed E-state index contributed by atoms with van der Waals surface area (Å²) < 4.78 is 2.07. The molecule has 0 amide bonds. The van der Waals surface area contributed by atoms with Crippen molar-refractivity contribution in [2.75, 3.05) is 5.73 Å². The molecule has 2 heterocycles. The highest BCUT2D eigenvalue weighted by Crippen LogP contribution is 2.25. The predicted molar refractivity (Wildman–Crippen MR) is 80.7 cm³/mol. The maximum atomic E-state index is 5.76. The Labute approximate surface area is 117 Å². The molecule has 2 aromatic heterocycles. The molecule has 100 valence electrons. The van der Waals surface area contributed by atoms with Gasteiger partial charge in [-0.3, -0.25) is 4.57 Å². The number of hydrogen-bond acceptors (Lipinski definition) is 3. The van der Waals surface area contributed by atoms with Gasteiger partial charge < -0.3 is 5.73 Å². The summed E-state index contributed by atoms with van der Waals surface area (Å²) in [4.78, 5) is 8.30. The Morgan fingerprint density at radius 2 is 1.95 bits per heavy atom. The van der Waals surface area contributed by atoms with E-state index in [9.17, 15) is 0 Å². The third-order valence-corrected chi connectivity index (χ3v) is 3.33. The van der Waals surface area contributed by atoms with Gasteiger partial charge in [0, 0.05) is 11.8 Å². The lowest BCUT2D eigenvalue weighted by Gasteiger charge is -2.12. The van der Waals surface area contributed by atoms with Gasteiger partial charge in [-0.2, -0.15) is 0 Å². The van der Waals surface area contributed by atoms with Crippen LogP contribution in [0.3, 0.4) is 0 Å². The maximum Gasteiger partial charge on any atom is 0.123 e. The van der Waals surface area contributed by atoms with E-state index in [1.807, 2.05) is 24.7 Å². The van der Waals surface area contributed by atoms with E-state index in [-0.39, 0.29) is 0 Å². The fourth-order valence-electron chi connectivity index (χ4n) is 2.38. The van der Waals surface area contributed by atoms with Crippen LogP contribution in [-0.4, -0.2) is 14.5 Å². The van der Waals surface area contributed by atoms with Gasteiger partial charge in [0.25, 0.3) is 0 Å². The van der Waals surface area contributed by atoms with Crippen LogP contribution in [0.2, 0.25) is 0 Å². The van der Waals surface area contributed by atoms with Crippen LogP contribution in [0.1, 0.15) is 11.1 Å². The molecule has 20 heavy (non-hydrogen) atoms. The molecular weight excluding hydrogens is 248 g/mol. The number of aromatic nitrogens is 3. The summed E-state index contributed by atoms with van der Waals surface area (Å²) in [5, 5.41) is 0. The zero-order valence-corrected chi connectivity index (χ0v) is 11.5. The minimum Gasteiger partial charge on any atom is -0.384 e. The highest BCUT2D eigenvalue weighted by atomic mass is 15.1. The van der Waals surface area contributed by atoms with Crippen LogP contribution in [0.4, 0.5) is 5.82 Å². The Morgan fingerprint density at radius 3 is 2.70 bits per heavy atom. The average Bonchev–Trinajstić information content (AvgIpc) is 2.87. The van der Waals surface area contributed by atoms with E-state index in [4.69, 9.17) is 5.73 Å². The molecule has 0 aliphatic heterocycles. The number of nitrogen functional groups attached to an aromatic ring is 1. The van der Waals surface area contributed by atoms with Gasteiger partial charge in [-0.05, 0) is 37.6 Å². The number of benzene rings is 1. The van der Waals surface area contributed by atoms with Gasteiger partial charge in [0.1, 0.15) is 5.82 Å². The van der Waals surface area contributed by atoms with E-state index in [2.05, 4.69) is 46.6 Å². The Hall–Kier alpha value is -2.62. The van der Waals surface area contributed by atoms with Crippen molar-refractivity contribution >= 4 is 5.82 Å². The summed E-state index contributed by atoms with van der Waals surface area (Å²) in [6.45, 7) is 4.20. The molecule has 0 saturated heterocycles. The summed E-state index contributed by atoms with van der Waals surface area (Å²) in [6, 6.07) is 10.2. The minimum atomic E-state index is 0.510. The summed E-state index contributed by atoms with van der Waals surface area (Å²) >= 11 is 0. The molecule has 1 aromatic carbocycles. The van der Waals surface area contributed by atoms with Crippen molar-refractivity contribution in [3.05, 3.63) is 60.2 Å². The van der Waals surface area contributed by atoms with Crippen molar-refractivity contribution in [2.24, 2.45) is 0 Å². The Kier molecular flexibility index (Phi) is 2.99. The lowest BCUT2D eigenvalue weighted by molar-refractivity contribution is 1.04. The predicted octanol–water partition coefficient (Wildman–Crippen LogP) is 3.13. The van der Waals surface area contributed by atoms with Gasteiger partial charge in [-0.25, -0.2) is 9.97 Å². The summed E-state index contributed by atoms with van der Waals surface area (Å²) in [6.07, 6.45) is 5.38. The van der Waals surface area contributed by atoms with Crippen LogP contribution < -0.4 is 5.73 Å². The molecular formula is C16H16N4. The molecule has 0 radical (unpaired) electrons. The van der Waals surface area contributed by atoms with Crippen molar-refractivity contribution in [3.63, 3.8) is 0 Å². The second-order valence-electron chi connectivity index (χ2n) is 4.91. The summed E-state index contributed by atoms with van der Waals surface area (Å²) in [5.74, 6) is 0.510. The monoisotopic (exact) mass is 264 g/mol. The smallest absolute Gasteiger partial charge is 0.123 e. The van der Waals surface area contributed by atoms with Gasteiger partial charge in [-0.1, -0.05) is 17.7 Å². The molecule has 0 saturated carbocycles. The Balaban J connectivity index is 2.15. The number of pyridine rings is 1. The van der Waals surface area contributed by atoms with Crippen LogP contribution in [0.5, 0.6) is 0 Å². The fraction of sp³-hybridized carbons (Fsp3) is 0.125. The molecule has 4 heteroatoms. The van der Waals surface area contributed by atoms with Gasteiger partial charge in [0.2, 0.25) is 0 Å². The first-order valence-electron chi connectivity index (χ1n) is 6.47. The first-order chi connectivity index (χ1) is 9.65. The number of aryl methyl sites for hydroxylation is 2. The molecule has 3 aromatic rings. The minimum absolute atomic E-state index is 0.510. The van der Waals surface area contributed by atoms with Crippen LogP contribution in [0.25, 0.3) is 16.9 Å². The van der Waals surface area contributed by atoms with Gasteiger partial charge in [0.05, 0.1) is 23.9 Å². The van der Waals surface area contributed by atoms with E-state index in [1.54, 1.807) is 6.20 Å². The van der Waals surface area contributed by atoms with E-state index < -0.39 is 0 Å². The number of nitrogens with zero attached hydrogens (tertiary/aromatic N) is 3. The number of anilines is 1. The molecule has 3 rings (SSSR count). The van der Waals surface area contributed by atoms with Crippen molar-refractivity contribution in [1.29, 1.82) is 0 Å². The summed E-state index contributed by atoms with van der Waals surface area (Å²) in [7, 11) is 0. The lowest BCUT2D eigenvalue weighted by Crippen LogP contribution is -1.99. The molecule has 4 nitrogen and oxygen atoms in total. The van der Waals surface area contributed by atoms with Crippen LogP contribution >= 0.6 is 0 Å². The second-order valence-corrected chi connectivity index (χ2v) is 4.91. The third-order valence-electron chi connectivity index (χ3n) is 3.33. The molecule has 0 aliphatic carbocycles. The zero-order valence-electron chi connectivity index (χ0n) is 11.5. The highest BCUT2D eigenvalue weighted by Gasteiger charge is 2.09. The quantitative estimate of drug-likeness (QED) is 0.773. The second kappa shape index (κ2) is 4.81. The van der Waals surface area contributed by atoms with Crippen molar-refractivity contribution in [3.8, 4) is 16.9 Å². The normalized spacial score (nSPS) is 10.7. The number of rotatable bonds is 2. The topological polar surface area (TPSA) is 56.7 Å². The van der Waals surface area contributed by atoms with Crippen molar-refractivity contribution < 1.29 is 0 Å². The van der Waals surface area contributed by atoms with Gasteiger partial charge >= 0.3 is 0 Å². The molecule has 0 unspecified atom stereocenters. The Morgan fingerprint density at radius 1 is 1.10 bits per heavy atom. The molecule has 0 fully saturated rings. The highest BCUT2D eigenvalue weighted by molar-refractivity contribution is 5.64. The van der Waals surface area contributed by atoms with Crippen molar-refractivity contribution in [2.45, 2.75) is 13.8 Å². The SMILES string of the molecule is Cc1ccc(-n2cncc2-c2ccnc(N)c2)c(C)c1. The van der Waals surface area contributed by atoms with E-state index in [1.165, 1.54) is 11.1 Å². The molecule has 0 atom stereocenters. The van der Waals surface area contributed by atoms with Crippen LogP contribution in [0.15, 0.2) is 49.1 Å². The summed E-state index contributed by atoms with van der Waals surface area (Å²) in [5.41, 5.74) is 11.4. The number of imidazole rings is 1. The number of hydrogen-bond donors (Lipinski definition) is 1. The van der Waals surface area contributed by atoms with Gasteiger partial charge in [0.15, 0.2) is 0 Å².